The first-order valence-electron chi connectivity index (χ1n) is 18.0. The summed E-state index contributed by atoms with van der Waals surface area (Å²) in [6, 6.07) is 48.2. The van der Waals surface area contributed by atoms with E-state index in [0.717, 1.165) is 12.8 Å². The van der Waals surface area contributed by atoms with E-state index in [9.17, 15) is 0 Å². The molecular formula is C49H33NS2. The molecule has 2 aliphatic carbocycles. The van der Waals surface area contributed by atoms with E-state index < -0.39 is 0 Å². The SMILES string of the molecule is C1=CC2=C(CC1)c1cc3sc4ccc(-c5ccc6c(c5)c5ccccc5n6-c5ccc6c(c5)sc5ccccc56)cc4c3c3cccc2c13.C=CC. The topological polar surface area (TPSA) is 4.93 Å². The second kappa shape index (κ2) is 11.4. The van der Waals surface area contributed by atoms with Gasteiger partial charge in [-0.05, 0) is 119 Å². The van der Waals surface area contributed by atoms with Crippen molar-refractivity contribution in [2.45, 2.75) is 19.8 Å². The van der Waals surface area contributed by atoms with E-state index in [1.807, 2.05) is 29.6 Å². The smallest absolute Gasteiger partial charge is 0.0541 e. The second-order valence-electron chi connectivity index (χ2n) is 13.9. The zero-order valence-electron chi connectivity index (χ0n) is 28.7. The van der Waals surface area contributed by atoms with Crippen LogP contribution in [0.1, 0.15) is 30.9 Å². The van der Waals surface area contributed by atoms with Gasteiger partial charge < -0.3 is 4.57 Å². The zero-order chi connectivity index (χ0) is 34.5. The number of rotatable bonds is 2. The molecule has 0 saturated heterocycles. The predicted molar refractivity (Wildman–Crippen MR) is 231 cm³/mol. The Morgan fingerprint density at radius 2 is 1.27 bits per heavy atom. The largest absolute Gasteiger partial charge is 0.309 e. The molecule has 0 amide bonds. The molecular weight excluding hydrogens is 667 g/mol. The molecule has 0 spiro atoms. The lowest BCUT2D eigenvalue weighted by Crippen LogP contribution is -1.93. The summed E-state index contributed by atoms with van der Waals surface area (Å²) in [4.78, 5) is 0. The Morgan fingerprint density at radius 1 is 0.558 bits per heavy atom. The van der Waals surface area contributed by atoms with Crippen molar-refractivity contribution in [1.29, 1.82) is 0 Å². The fourth-order valence-corrected chi connectivity index (χ4v) is 11.2. The molecule has 0 atom stereocenters. The zero-order valence-corrected chi connectivity index (χ0v) is 30.4. The van der Waals surface area contributed by atoms with Crippen molar-refractivity contribution in [3.63, 3.8) is 0 Å². The van der Waals surface area contributed by atoms with Crippen LogP contribution in [-0.2, 0) is 0 Å². The molecule has 0 radical (unpaired) electrons. The summed E-state index contributed by atoms with van der Waals surface area (Å²) in [5.41, 5.74) is 12.0. The van der Waals surface area contributed by atoms with Crippen LogP contribution < -0.4 is 0 Å². The minimum atomic E-state index is 1.13. The highest BCUT2D eigenvalue weighted by molar-refractivity contribution is 7.26. The van der Waals surface area contributed by atoms with Gasteiger partial charge in [0, 0.05) is 56.8 Å². The van der Waals surface area contributed by atoms with E-state index >= 15 is 0 Å². The van der Waals surface area contributed by atoms with E-state index in [2.05, 4.69) is 151 Å². The summed E-state index contributed by atoms with van der Waals surface area (Å²) in [6.45, 7) is 5.25. The molecule has 3 heteroatoms. The van der Waals surface area contributed by atoms with Crippen molar-refractivity contribution in [3.8, 4) is 16.8 Å². The van der Waals surface area contributed by atoms with Gasteiger partial charge in [0.2, 0.25) is 0 Å². The Kier molecular flexibility index (Phi) is 6.55. The molecule has 7 aromatic carbocycles. The lowest BCUT2D eigenvalue weighted by Gasteiger charge is -2.10. The summed E-state index contributed by atoms with van der Waals surface area (Å²) in [5.74, 6) is 0. The van der Waals surface area contributed by atoms with Crippen LogP contribution in [-0.4, -0.2) is 4.57 Å². The van der Waals surface area contributed by atoms with Crippen LogP contribution >= 0.6 is 22.7 Å². The van der Waals surface area contributed by atoms with Crippen LogP contribution in [0.25, 0.3) is 101 Å². The number of benzene rings is 7. The molecule has 0 bridgehead atoms. The number of hydrogen-bond acceptors (Lipinski definition) is 2. The Labute approximate surface area is 309 Å². The van der Waals surface area contributed by atoms with Gasteiger partial charge in [-0.1, -0.05) is 91.0 Å². The van der Waals surface area contributed by atoms with E-state index in [1.165, 1.54) is 112 Å². The number of aromatic nitrogens is 1. The quantitative estimate of drug-likeness (QED) is 0.158. The molecule has 12 rings (SSSR count). The minimum Gasteiger partial charge on any atom is -0.309 e. The Morgan fingerprint density at radius 3 is 2.17 bits per heavy atom. The van der Waals surface area contributed by atoms with Crippen LogP contribution in [0.5, 0.6) is 0 Å². The fourth-order valence-electron chi connectivity index (χ4n) is 8.87. The molecule has 1 nitrogen and oxygen atoms in total. The molecule has 0 N–H and O–H groups in total. The monoisotopic (exact) mass is 699 g/mol. The highest BCUT2D eigenvalue weighted by Crippen LogP contribution is 2.51. The molecule has 2 aliphatic rings. The molecule has 3 heterocycles. The van der Waals surface area contributed by atoms with Crippen LogP contribution in [0.15, 0.2) is 152 Å². The average molecular weight is 700 g/mol. The Bertz CT molecular complexity index is 3210. The predicted octanol–water partition coefficient (Wildman–Crippen LogP) is 15.1. The Balaban J connectivity index is 0.00000104. The lowest BCUT2D eigenvalue weighted by molar-refractivity contribution is 1.06. The summed E-state index contributed by atoms with van der Waals surface area (Å²) in [7, 11) is 0. The van der Waals surface area contributed by atoms with Crippen LogP contribution in [0.3, 0.4) is 0 Å². The third-order valence-corrected chi connectivity index (χ3v) is 13.3. The second-order valence-corrected chi connectivity index (χ2v) is 16.1. The highest BCUT2D eigenvalue weighted by Gasteiger charge is 2.26. The molecule has 0 aliphatic heterocycles. The van der Waals surface area contributed by atoms with Crippen LogP contribution in [0, 0.1) is 0 Å². The molecule has 246 valence electrons. The first-order chi connectivity index (χ1) is 25.7. The van der Waals surface area contributed by atoms with Crippen LogP contribution in [0.2, 0.25) is 0 Å². The maximum atomic E-state index is 3.36. The van der Waals surface area contributed by atoms with Gasteiger partial charge in [-0.2, -0.15) is 0 Å². The van der Waals surface area contributed by atoms with Gasteiger partial charge in [0.15, 0.2) is 0 Å². The summed E-state index contributed by atoms with van der Waals surface area (Å²) < 4.78 is 7.86. The van der Waals surface area contributed by atoms with Gasteiger partial charge in [-0.25, -0.2) is 0 Å². The van der Waals surface area contributed by atoms with Gasteiger partial charge in [0.05, 0.1) is 11.0 Å². The summed E-state index contributed by atoms with van der Waals surface area (Å²) in [5, 5.41) is 10.8. The van der Waals surface area contributed by atoms with Crippen LogP contribution in [0.4, 0.5) is 0 Å². The molecule has 52 heavy (non-hydrogen) atoms. The average Bonchev–Trinajstić information content (AvgIpc) is 3.93. The van der Waals surface area contributed by atoms with Gasteiger partial charge >= 0.3 is 0 Å². The van der Waals surface area contributed by atoms with E-state index in [1.54, 1.807) is 6.08 Å². The fraction of sp³-hybridized carbons (Fsp3) is 0.0612. The molecule has 0 fully saturated rings. The number of thiophene rings is 2. The Hall–Kier alpha value is -5.74. The van der Waals surface area contributed by atoms with Crippen molar-refractivity contribution in [2.24, 2.45) is 0 Å². The molecule has 10 aromatic rings. The number of para-hydroxylation sites is 1. The first-order valence-corrected chi connectivity index (χ1v) is 19.7. The van der Waals surface area contributed by atoms with Gasteiger partial charge in [0.1, 0.15) is 0 Å². The van der Waals surface area contributed by atoms with Crippen molar-refractivity contribution >= 4 is 107 Å². The summed E-state index contributed by atoms with van der Waals surface area (Å²) in [6.07, 6.45) is 8.71. The lowest BCUT2D eigenvalue weighted by atomic mass is 9.94. The third kappa shape index (κ3) is 4.21. The van der Waals surface area contributed by atoms with Crippen molar-refractivity contribution in [3.05, 3.63) is 163 Å². The van der Waals surface area contributed by atoms with Gasteiger partial charge in [-0.3, -0.25) is 0 Å². The standard InChI is InChI=1S/C46H27NS2.C3H6/c1-2-9-30-29(8-1)34-12-7-13-35-45(34)37(30)25-44-46(35)38-23-27(17-21-42(38)49-44)26-16-20-40-36(22-26)31-10-3-5-14-39(31)47(40)28-18-19-33-32-11-4-6-15-41(32)48-43(33)24-28;1-3-2/h1,3-8,10-25H,2,9H2;3H,1H2,2H3. The van der Waals surface area contributed by atoms with Gasteiger partial charge in [0.25, 0.3) is 0 Å². The molecule has 0 unspecified atom stereocenters. The minimum absolute atomic E-state index is 1.13. The van der Waals surface area contributed by atoms with Gasteiger partial charge in [-0.15, -0.1) is 29.3 Å². The maximum absolute atomic E-state index is 3.36. The van der Waals surface area contributed by atoms with E-state index in [-0.39, 0.29) is 0 Å². The molecule has 0 saturated carbocycles. The number of allylic oxidation sites excluding steroid dienone is 5. The normalized spacial score (nSPS) is 13.6. The van der Waals surface area contributed by atoms with E-state index in [4.69, 9.17) is 0 Å². The summed E-state index contributed by atoms with van der Waals surface area (Å²) >= 11 is 3.82. The third-order valence-electron chi connectivity index (χ3n) is 11.0. The number of fused-ring (bicyclic) bond motifs is 12. The van der Waals surface area contributed by atoms with Crippen molar-refractivity contribution in [2.75, 3.05) is 0 Å². The highest BCUT2D eigenvalue weighted by atomic mass is 32.1. The maximum Gasteiger partial charge on any atom is 0.0541 e. The van der Waals surface area contributed by atoms with Crippen molar-refractivity contribution in [1.82, 2.24) is 4.57 Å². The first kappa shape index (κ1) is 29.9. The van der Waals surface area contributed by atoms with E-state index in [0.29, 0.717) is 0 Å². The van der Waals surface area contributed by atoms with Crippen molar-refractivity contribution < 1.29 is 0 Å². The molecule has 3 aromatic heterocycles. The number of nitrogens with zero attached hydrogens (tertiary/aromatic N) is 1. The number of hydrogen-bond donors (Lipinski definition) is 0.